The molecule has 0 spiro atoms. The van der Waals surface area contributed by atoms with Crippen LogP contribution in [0.2, 0.25) is 0 Å². The Kier molecular flexibility index (Phi) is 7.80. The number of hydrogen-bond acceptors (Lipinski definition) is 6. The lowest BCUT2D eigenvalue weighted by molar-refractivity contribution is -0.119. The van der Waals surface area contributed by atoms with Crippen molar-refractivity contribution in [2.45, 2.75) is 26.3 Å². The van der Waals surface area contributed by atoms with E-state index in [1.165, 1.54) is 11.3 Å². The van der Waals surface area contributed by atoms with E-state index in [1.807, 2.05) is 99.6 Å². The average Bonchev–Trinajstić information content (AvgIpc) is 3.35. The van der Waals surface area contributed by atoms with Crippen molar-refractivity contribution in [1.82, 2.24) is 15.5 Å². The summed E-state index contributed by atoms with van der Waals surface area (Å²) in [4.78, 5) is 28.1. The quantitative estimate of drug-likeness (QED) is 0.291. The molecule has 1 heterocycles. The molecule has 0 aliphatic rings. The maximum absolute atomic E-state index is 13.2. The van der Waals surface area contributed by atoms with Crippen LogP contribution in [0.5, 0.6) is 0 Å². The Morgan fingerprint density at radius 2 is 1.67 bits per heavy atom. The fourth-order valence-electron chi connectivity index (χ4n) is 3.81. The summed E-state index contributed by atoms with van der Waals surface area (Å²) < 4.78 is 0. The lowest BCUT2D eigenvalue weighted by Crippen LogP contribution is -2.49. The number of carbonyl (C=O) groups excluding carboxylic acids is 2. The zero-order chi connectivity index (χ0) is 25.7. The molecule has 3 N–H and O–H groups in total. The Hall–Kier alpha value is -3.98. The van der Waals surface area contributed by atoms with Gasteiger partial charge in [0.05, 0.1) is 5.69 Å². The minimum Gasteiger partial charge on any atom is -0.378 e. The number of nitrogens with zero attached hydrogens (tertiary/aromatic N) is 3. The minimum atomic E-state index is -0.739. The van der Waals surface area contributed by atoms with Gasteiger partial charge in [0, 0.05) is 30.7 Å². The summed E-state index contributed by atoms with van der Waals surface area (Å²) in [6.45, 7) is 3.91. The van der Waals surface area contributed by atoms with E-state index in [2.05, 4.69) is 26.1 Å². The summed E-state index contributed by atoms with van der Waals surface area (Å²) >= 11 is 1.29. The Balaban J connectivity index is 1.44. The molecule has 3 amide bonds. The Morgan fingerprint density at radius 1 is 0.944 bits per heavy atom. The van der Waals surface area contributed by atoms with Crippen LogP contribution in [-0.4, -0.2) is 42.3 Å². The van der Waals surface area contributed by atoms with Crippen molar-refractivity contribution in [3.63, 3.8) is 0 Å². The van der Waals surface area contributed by atoms with Gasteiger partial charge in [0.2, 0.25) is 11.0 Å². The van der Waals surface area contributed by atoms with Crippen LogP contribution >= 0.6 is 11.3 Å². The highest BCUT2D eigenvalue weighted by atomic mass is 32.1. The van der Waals surface area contributed by atoms with E-state index in [1.54, 1.807) is 0 Å². The van der Waals surface area contributed by atoms with Crippen molar-refractivity contribution < 1.29 is 9.59 Å². The van der Waals surface area contributed by atoms with Crippen LogP contribution in [0.25, 0.3) is 21.3 Å². The average molecular weight is 503 g/mol. The molecule has 0 bridgehead atoms. The number of benzene rings is 3. The number of nitrogens with one attached hydrogen (secondary N) is 3. The molecule has 0 fully saturated rings. The first kappa shape index (κ1) is 25.1. The zero-order valence-electron chi connectivity index (χ0n) is 20.8. The van der Waals surface area contributed by atoms with Crippen molar-refractivity contribution in [2.75, 3.05) is 29.6 Å². The minimum absolute atomic E-state index is 0.0887. The van der Waals surface area contributed by atoms with Crippen LogP contribution in [0.1, 0.15) is 20.3 Å². The fourth-order valence-corrected chi connectivity index (χ4v) is 4.56. The van der Waals surface area contributed by atoms with Gasteiger partial charge >= 0.3 is 6.03 Å². The van der Waals surface area contributed by atoms with Crippen molar-refractivity contribution in [3.8, 4) is 10.6 Å². The summed E-state index contributed by atoms with van der Waals surface area (Å²) in [5.41, 5.74) is 2.69. The third-order valence-electron chi connectivity index (χ3n) is 6.11. The number of fused-ring (bicyclic) bond motifs is 1. The van der Waals surface area contributed by atoms with Gasteiger partial charge in [-0.25, -0.2) is 4.79 Å². The predicted molar refractivity (Wildman–Crippen MR) is 148 cm³/mol. The van der Waals surface area contributed by atoms with Crippen LogP contribution in [0.4, 0.5) is 21.3 Å². The molecule has 8 nitrogen and oxygen atoms in total. The molecule has 4 rings (SSSR count). The highest BCUT2D eigenvalue weighted by Gasteiger charge is 2.27. The van der Waals surface area contributed by atoms with Crippen molar-refractivity contribution in [2.24, 2.45) is 5.92 Å². The van der Waals surface area contributed by atoms with Gasteiger partial charge < -0.3 is 15.5 Å². The van der Waals surface area contributed by atoms with E-state index in [0.29, 0.717) is 22.2 Å². The van der Waals surface area contributed by atoms with E-state index in [0.717, 1.165) is 22.0 Å². The Labute approximate surface area is 214 Å². The van der Waals surface area contributed by atoms with Crippen LogP contribution in [-0.2, 0) is 4.79 Å². The van der Waals surface area contributed by atoms with Crippen LogP contribution in [0, 0.1) is 5.92 Å². The highest BCUT2D eigenvalue weighted by Crippen LogP contribution is 2.28. The normalized spacial score (nSPS) is 12.6. The van der Waals surface area contributed by atoms with Gasteiger partial charge in [-0.3, -0.25) is 10.1 Å². The molecule has 9 heteroatoms. The number of rotatable bonds is 8. The smallest absolute Gasteiger partial charge is 0.319 e. The first-order valence-corrected chi connectivity index (χ1v) is 12.6. The molecule has 2 unspecified atom stereocenters. The standard InChI is InChI=1S/C27H30N6O2S/c1-5-17(2)23(29-26(35)28-22-12-8-10-18-9-6-7-11-21(18)22)24(34)30-27-32-31-25(36-27)19-13-15-20(16-14-19)33(3)4/h6-17,23H,5H2,1-4H3,(H2,28,29,35)(H,30,32,34). The van der Waals surface area contributed by atoms with Crippen LogP contribution in [0.15, 0.2) is 66.7 Å². The van der Waals surface area contributed by atoms with E-state index in [4.69, 9.17) is 0 Å². The van der Waals surface area contributed by atoms with Crippen LogP contribution in [0.3, 0.4) is 0 Å². The van der Waals surface area contributed by atoms with E-state index in [9.17, 15) is 9.59 Å². The highest BCUT2D eigenvalue weighted by molar-refractivity contribution is 7.18. The molecule has 4 aromatic rings. The zero-order valence-corrected chi connectivity index (χ0v) is 21.6. The van der Waals surface area contributed by atoms with Gasteiger partial charge in [0.25, 0.3) is 0 Å². The second-order valence-corrected chi connectivity index (χ2v) is 9.81. The molecule has 0 aliphatic heterocycles. The molecule has 3 aromatic carbocycles. The summed E-state index contributed by atoms with van der Waals surface area (Å²) in [6, 6.07) is 20.3. The van der Waals surface area contributed by atoms with Crippen molar-refractivity contribution in [1.29, 1.82) is 0 Å². The third-order valence-corrected chi connectivity index (χ3v) is 6.99. The Morgan fingerprint density at radius 3 is 2.39 bits per heavy atom. The van der Waals surface area contributed by atoms with Gasteiger partial charge in [-0.2, -0.15) is 0 Å². The molecule has 186 valence electrons. The molecule has 0 radical (unpaired) electrons. The molecule has 36 heavy (non-hydrogen) atoms. The summed E-state index contributed by atoms with van der Waals surface area (Å²) in [5.74, 6) is -0.419. The number of amides is 3. The van der Waals surface area contributed by atoms with Crippen LogP contribution < -0.4 is 20.9 Å². The number of urea groups is 1. The second kappa shape index (κ2) is 11.2. The first-order valence-electron chi connectivity index (χ1n) is 11.8. The second-order valence-electron chi connectivity index (χ2n) is 8.83. The monoisotopic (exact) mass is 502 g/mol. The molecule has 0 saturated carbocycles. The molecule has 0 aliphatic carbocycles. The molecule has 2 atom stereocenters. The molecule has 0 saturated heterocycles. The number of aromatic nitrogens is 2. The van der Waals surface area contributed by atoms with Crippen molar-refractivity contribution >= 4 is 50.6 Å². The molecular formula is C27H30N6O2S. The summed E-state index contributed by atoms with van der Waals surface area (Å²) in [7, 11) is 3.97. The van der Waals surface area contributed by atoms with Crippen molar-refractivity contribution in [3.05, 3.63) is 66.7 Å². The van der Waals surface area contributed by atoms with Gasteiger partial charge in [0.15, 0.2) is 0 Å². The third kappa shape index (κ3) is 5.80. The van der Waals surface area contributed by atoms with Gasteiger partial charge in [0.1, 0.15) is 11.0 Å². The molecule has 1 aromatic heterocycles. The number of anilines is 3. The topological polar surface area (TPSA) is 99.2 Å². The van der Waals surface area contributed by atoms with E-state index >= 15 is 0 Å². The maximum atomic E-state index is 13.2. The number of carbonyl (C=O) groups is 2. The fraction of sp³-hybridized carbons (Fsp3) is 0.259. The van der Waals surface area contributed by atoms with E-state index in [-0.39, 0.29) is 11.8 Å². The number of hydrogen-bond donors (Lipinski definition) is 3. The molecular weight excluding hydrogens is 472 g/mol. The maximum Gasteiger partial charge on any atom is 0.319 e. The Bertz CT molecular complexity index is 1350. The predicted octanol–water partition coefficient (Wildman–Crippen LogP) is 5.60. The van der Waals surface area contributed by atoms with Gasteiger partial charge in [-0.05, 0) is 41.6 Å². The van der Waals surface area contributed by atoms with Gasteiger partial charge in [-0.15, -0.1) is 10.2 Å². The summed E-state index contributed by atoms with van der Waals surface area (Å²) in [6.07, 6.45) is 0.715. The lowest BCUT2D eigenvalue weighted by atomic mass is 9.98. The van der Waals surface area contributed by atoms with E-state index < -0.39 is 12.1 Å². The summed E-state index contributed by atoms with van der Waals surface area (Å²) in [5, 5.41) is 20.0. The lowest BCUT2D eigenvalue weighted by Gasteiger charge is -2.23. The first-order chi connectivity index (χ1) is 17.4. The SMILES string of the molecule is CCC(C)C(NC(=O)Nc1cccc2ccccc12)C(=O)Nc1nnc(-c2ccc(N(C)C)cc2)s1. The largest absolute Gasteiger partial charge is 0.378 e. The van der Waals surface area contributed by atoms with Gasteiger partial charge in [-0.1, -0.05) is 68.0 Å².